The summed E-state index contributed by atoms with van der Waals surface area (Å²) in [5.74, 6) is 0. The maximum atomic E-state index is 0. The van der Waals surface area contributed by atoms with Crippen molar-refractivity contribution in [1.82, 2.24) is 0 Å². The molecule has 0 saturated carbocycles. The maximum absolute atomic E-state index is 0. The minimum absolute atomic E-state index is 0. The standard InChI is InChI=1S/C.7ClH.Mg.Na/h;7*1H;;/q+4;;;;;;;;+2;+1/p-7. The average Bonchev–Trinajstić information content (AvgIpc) is 0. The van der Waals surface area contributed by atoms with Gasteiger partial charge in [-0.2, -0.15) is 0 Å². The van der Waals surface area contributed by atoms with Crippen molar-refractivity contribution in [3.05, 3.63) is 7.43 Å². The monoisotopic (exact) mass is 304 g/mol. The second-order valence-corrected chi connectivity index (χ2v) is 0. The van der Waals surface area contributed by atoms with E-state index in [2.05, 4.69) is 0 Å². The van der Waals surface area contributed by atoms with Crippen molar-refractivity contribution in [1.29, 1.82) is 0 Å². The Kier molecular flexibility index (Phi) is 1940. The molecule has 0 aliphatic rings. The Morgan fingerprint density at radius 2 is 0.400 bits per heavy atom. The van der Waals surface area contributed by atoms with Crippen molar-refractivity contribution >= 4 is 23.1 Å². The van der Waals surface area contributed by atoms with E-state index in [4.69, 9.17) is 0 Å². The van der Waals surface area contributed by atoms with E-state index in [-0.39, 0.29) is 147 Å². The van der Waals surface area contributed by atoms with Gasteiger partial charge in [0, 0.05) is 0 Å². The third-order valence-corrected chi connectivity index (χ3v) is 0. The van der Waals surface area contributed by atoms with Crippen LogP contribution >= 0.6 is 0 Å². The van der Waals surface area contributed by atoms with Crippen molar-refractivity contribution in [2.24, 2.45) is 0 Å². The molecule has 0 aromatic rings. The van der Waals surface area contributed by atoms with Crippen molar-refractivity contribution in [2.75, 3.05) is 0 Å². The smallest absolute Gasteiger partial charge is 1.00 e. The second-order valence-electron chi connectivity index (χ2n) is 0. The van der Waals surface area contributed by atoms with Gasteiger partial charge in [-0.3, -0.25) is 0 Å². The van der Waals surface area contributed by atoms with Crippen LogP contribution in [0.1, 0.15) is 0 Å². The molecule has 0 aromatic carbocycles. The molecule has 0 fully saturated rings. The molecular formula is CCl7MgNa. The minimum atomic E-state index is 0. The normalized spacial score (nSPS) is 0. The zero-order valence-corrected chi connectivity index (χ0v) is 13.6. The van der Waals surface area contributed by atoms with Crippen LogP contribution in [0.4, 0.5) is 0 Å². The molecule has 56 valence electrons. The predicted octanol–water partition coefficient (Wildman–Crippen LogP) is -24.3. The Morgan fingerprint density at radius 3 is 0.400 bits per heavy atom. The van der Waals surface area contributed by atoms with Gasteiger partial charge in [0.2, 0.25) is 0 Å². The molecule has 0 bridgehead atoms. The Balaban J connectivity index is 0. The molecule has 0 aromatic heterocycles. The molecule has 0 aliphatic carbocycles. The summed E-state index contributed by atoms with van der Waals surface area (Å²) < 4.78 is 0. The first-order valence-electron chi connectivity index (χ1n) is 0. The minimum Gasteiger partial charge on any atom is -1.00 e. The topological polar surface area (TPSA) is 0 Å². The summed E-state index contributed by atoms with van der Waals surface area (Å²) in [6.45, 7) is 0. The Hall–Kier alpha value is 3.80. The quantitative estimate of drug-likeness (QED) is 0.390. The SMILES string of the molecule is [C+4].[Cl-].[Cl-].[Cl-].[Cl-].[Cl-].[Cl-].[Cl-].[Mg+2].[Na+]. The molecule has 0 spiro atoms. The van der Waals surface area contributed by atoms with Gasteiger partial charge in [0.1, 0.15) is 0 Å². The van der Waals surface area contributed by atoms with Crippen LogP contribution in [0.2, 0.25) is 0 Å². The Morgan fingerprint density at radius 1 is 0.400 bits per heavy atom. The van der Waals surface area contributed by atoms with Gasteiger partial charge in [0.25, 0.3) is 0 Å². The van der Waals surface area contributed by atoms with E-state index in [1.165, 1.54) is 0 Å². The van der Waals surface area contributed by atoms with Crippen molar-refractivity contribution in [3.8, 4) is 0 Å². The van der Waals surface area contributed by atoms with Gasteiger partial charge in [-0.1, -0.05) is 0 Å². The molecule has 0 unspecified atom stereocenters. The summed E-state index contributed by atoms with van der Waals surface area (Å²) in [6.07, 6.45) is 0. The van der Waals surface area contributed by atoms with Gasteiger partial charge in [0.15, 0.2) is 0 Å². The van der Waals surface area contributed by atoms with Crippen LogP contribution < -0.4 is 116 Å². The molecule has 0 rings (SSSR count). The average molecular weight is 307 g/mol. The molecule has 0 amide bonds. The molecule has 9 heteroatoms. The fourth-order valence-electron chi connectivity index (χ4n) is 0. The van der Waals surface area contributed by atoms with Gasteiger partial charge in [-0.15, -0.1) is 0 Å². The van der Waals surface area contributed by atoms with Crippen molar-refractivity contribution in [3.63, 3.8) is 0 Å². The second kappa shape index (κ2) is 124. The first-order valence-corrected chi connectivity index (χ1v) is 0. The van der Waals surface area contributed by atoms with Crippen LogP contribution in [0.15, 0.2) is 0 Å². The van der Waals surface area contributed by atoms with E-state index in [0.29, 0.717) is 0 Å². The third-order valence-electron chi connectivity index (χ3n) is 0. The van der Waals surface area contributed by atoms with Crippen LogP contribution in [0.3, 0.4) is 0 Å². The molecule has 0 saturated heterocycles. The van der Waals surface area contributed by atoms with Crippen molar-refractivity contribution in [2.45, 2.75) is 0 Å². The number of hydrogen-bond acceptors (Lipinski definition) is 0. The fraction of sp³-hybridized carbons (Fsp3) is 0. The largest absolute Gasteiger partial charge is 4.00 e. The van der Waals surface area contributed by atoms with Crippen molar-refractivity contribution < 1.29 is 116 Å². The van der Waals surface area contributed by atoms with Gasteiger partial charge in [-0.05, 0) is 0 Å². The van der Waals surface area contributed by atoms with Gasteiger partial charge in [0.05, 0.1) is 0 Å². The van der Waals surface area contributed by atoms with Crippen LogP contribution in [0.5, 0.6) is 0 Å². The first-order chi connectivity index (χ1) is 0. The Labute approximate surface area is 144 Å². The predicted molar refractivity (Wildman–Crippen MR) is 9.00 cm³/mol. The number of halogens is 7. The molecule has 0 N–H and O–H groups in total. The molecule has 0 aliphatic heterocycles. The summed E-state index contributed by atoms with van der Waals surface area (Å²) in [6, 6.07) is 0. The fourth-order valence-corrected chi connectivity index (χ4v) is 0. The molecular weight excluding hydrogens is 307 g/mol. The third kappa shape index (κ3) is 95.4. The molecule has 0 nitrogen and oxygen atoms in total. The zero-order chi connectivity index (χ0) is 0. The van der Waals surface area contributed by atoms with Gasteiger partial charge < -0.3 is 86.8 Å². The van der Waals surface area contributed by atoms with Crippen LogP contribution in [-0.4, -0.2) is 23.1 Å². The van der Waals surface area contributed by atoms with E-state index in [0.717, 1.165) is 0 Å². The molecule has 0 heterocycles. The summed E-state index contributed by atoms with van der Waals surface area (Å²) >= 11 is 0. The Bertz CT molecular complexity index is 13.6. The molecule has 10 heavy (non-hydrogen) atoms. The summed E-state index contributed by atoms with van der Waals surface area (Å²) in [4.78, 5) is 0. The van der Waals surface area contributed by atoms with Crippen LogP contribution in [-0.2, 0) is 0 Å². The first kappa shape index (κ1) is 157. The maximum Gasteiger partial charge on any atom is 4.00 e. The van der Waals surface area contributed by atoms with Crippen LogP contribution in [0, 0.1) is 7.43 Å². The van der Waals surface area contributed by atoms with E-state index >= 15 is 0 Å². The zero-order valence-electron chi connectivity index (χ0n) is 4.85. The summed E-state index contributed by atoms with van der Waals surface area (Å²) in [5.41, 5.74) is 0. The molecule has 0 radical (unpaired) electrons. The van der Waals surface area contributed by atoms with Gasteiger partial charge >= 0.3 is 60.0 Å². The number of rotatable bonds is 0. The van der Waals surface area contributed by atoms with E-state index in [9.17, 15) is 0 Å². The van der Waals surface area contributed by atoms with Gasteiger partial charge in [-0.25, -0.2) is 0 Å². The van der Waals surface area contributed by atoms with E-state index < -0.39 is 0 Å². The summed E-state index contributed by atoms with van der Waals surface area (Å²) in [5, 5.41) is 0. The van der Waals surface area contributed by atoms with E-state index in [1.54, 1.807) is 0 Å². The summed E-state index contributed by atoms with van der Waals surface area (Å²) in [7, 11) is 0. The number of hydrogen-bond donors (Lipinski definition) is 0. The molecule has 0 atom stereocenters. The van der Waals surface area contributed by atoms with E-state index in [1.807, 2.05) is 0 Å². The van der Waals surface area contributed by atoms with Crippen LogP contribution in [0.25, 0.3) is 0 Å².